The van der Waals surface area contributed by atoms with Crippen molar-refractivity contribution in [2.45, 2.75) is 6.04 Å². The quantitative estimate of drug-likeness (QED) is 0.877. The number of hydrogen-bond acceptors (Lipinski definition) is 4. The molecule has 1 aromatic heterocycles. The molecule has 2 heterocycles. The number of nitrogens with one attached hydrogen (secondary N) is 1. The van der Waals surface area contributed by atoms with Crippen molar-refractivity contribution in [1.82, 2.24) is 24.9 Å². The van der Waals surface area contributed by atoms with E-state index >= 15 is 0 Å². The Morgan fingerprint density at radius 2 is 1.88 bits per heavy atom. The van der Waals surface area contributed by atoms with Gasteiger partial charge >= 0.3 is 0 Å². The fourth-order valence-electron chi connectivity index (χ4n) is 3.14. The summed E-state index contributed by atoms with van der Waals surface area (Å²) in [5.74, 6) is -0.689. The van der Waals surface area contributed by atoms with E-state index in [1.807, 2.05) is 6.20 Å². The third-order valence-electron chi connectivity index (χ3n) is 4.54. The Hall–Kier alpha value is -2.74. The number of aromatic nitrogens is 2. The van der Waals surface area contributed by atoms with Crippen molar-refractivity contribution < 1.29 is 14.0 Å². The van der Waals surface area contributed by atoms with Crippen LogP contribution in [0.5, 0.6) is 0 Å². The predicted octanol–water partition coefficient (Wildman–Crippen LogP) is 0.804. The Morgan fingerprint density at radius 3 is 2.46 bits per heavy atom. The summed E-state index contributed by atoms with van der Waals surface area (Å²) < 4.78 is 15.0. The molecule has 2 aromatic rings. The molecule has 1 saturated heterocycles. The summed E-state index contributed by atoms with van der Waals surface area (Å²) in [6.45, 7) is 1.73. The molecule has 1 unspecified atom stereocenters. The topological polar surface area (TPSA) is 70.5 Å². The molecule has 0 radical (unpaired) electrons. The van der Waals surface area contributed by atoms with Crippen LogP contribution < -0.4 is 5.32 Å². The molecule has 0 saturated carbocycles. The van der Waals surface area contributed by atoms with E-state index in [1.54, 1.807) is 40.8 Å². The Labute approximate surface area is 151 Å². The second-order valence-electron chi connectivity index (χ2n) is 6.30. The molecule has 7 nitrogen and oxygen atoms in total. The van der Waals surface area contributed by atoms with Gasteiger partial charge < -0.3 is 15.1 Å². The number of rotatable bonds is 4. The number of aryl methyl sites for hydroxylation is 1. The minimum Gasteiger partial charge on any atom is -0.337 e. The Kier molecular flexibility index (Phi) is 5.32. The van der Waals surface area contributed by atoms with Crippen LogP contribution in [0.1, 0.15) is 22.0 Å². The van der Waals surface area contributed by atoms with E-state index in [9.17, 15) is 14.0 Å². The summed E-state index contributed by atoms with van der Waals surface area (Å²) in [6, 6.07) is 5.20. The lowest BCUT2D eigenvalue weighted by atomic mass is 10.1. The number of nitrogens with zero attached hydrogens (tertiary/aromatic N) is 4. The Bertz CT molecular complexity index is 798. The first kappa shape index (κ1) is 18.1. The van der Waals surface area contributed by atoms with Gasteiger partial charge in [0.2, 0.25) is 5.91 Å². The number of carbonyl (C=O) groups excluding carboxylic acids is 2. The largest absolute Gasteiger partial charge is 0.337 e. The zero-order valence-electron chi connectivity index (χ0n) is 14.9. The molecule has 3 rings (SSSR count). The standard InChI is InChI=1S/C18H22FN5O2/c1-20-16(14-11-21-22(2)12-14)18(26)24-8-6-23(7-9-24)17(25)13-4-3-5-15(19)10-13/h3-5,10-12,16,20H,6-9H2,1-2H3. The summed E-state index contributed by atoms with van der Waals surface area (Å²) in [6.07, 6.45) is 3.48. The van der Waals surface area contributed by atoms with E-state index in [-0.39, 0.29) is 11.8 Å². The number of likely N-dealkylation sites (N-methyl/N-ethyl adjacent to an activating group) is 1. The number of piperazine rings is 1. The van der Waals surface area contributed by atoms with Crippen LogP contribution in [-0.2, 0) is 11.8 Å². The molecule has 1 aromatic carbocycles. The highest BCUT2D eigenvalue weighted by atomic mass is 19.1. The van der Waals surface area contributed by atoms with Crippen molar-refractivity contribution in [3.05, 3.63) is 53.6 Å². The zero-order chi connectivity index (χ0) is 18.7. The van der Waals surface area contributed by atoms with Crippen molar-refractivity contribution in [3.63, 3.8) is 0 Å². The van der Waals surface area contributed by atoms with Crippen LogP contribution in [0.2, 0.25) is 0 Å². The van der Waals surface area contributed by atoms with Crippen molar-refractivity contribution in [2.75, 3.05) is 33.2 Å². The first-order chi connectivity index (χ1) is 12.5. The molecule has 8 heteroatoms. The van der Waals surface area contributed by atoms with Crippen LogP contribution in [0.3, 0.4) is 0 Å². The third kappa shape index (κ3) is 3.75. The molecule has 2 amide bonds. The lowest BCUT2D eigenvalue weighted by Gasteiger charge is -2.36. The van der Waals surface area contributed by atoms with Crippen LogP contribution >= 0.6 is 0 Å². The van der Waals surface area contributed by atoms with Gasteiger partial charge in [-0.15, -0.1) is 0 Å². The van der Waals surface area contributed by atoms with Gasteiger partial charge in [0, 0.05) is 50.6 Å². The van der Waals surface area contributed by atoms with Crippen LogP contribution in [0.25, 0.3) is 0 Å². The summed E-state index contributed by atoms with van der Waals surface area (Å²) in [5.41, 5.74) is 1.13. The zero-order valence-corrected chi connectivity index (χ0v) is 14.9. The molecule has 26 heavy (non-hydrogen) atoms. The van der Waals surface area contributed by atoms with Gasteiger partial charge in [-0.3, -0.25) is 14.3 Å². The van der Waals surface area contributed by atoms with Crippen molar-refractivity contribution in [2.24, 2.45) is 7.05 Å². The number of hydrogen-bond donors (Lipinski definition) is 1. The minimum absolute atomic E-state index is 0.0432. The summed E-state index contributed by atoms with van der Waals surface area (Å²) in [4.78, 5) is 28.7. The molecule has 0 aliphatic carbocycles. The number of amides is 2. The fraction of sp³-hybridized carbons (Fsp3) is 0.389. The number of halogens is 1. The van der Waals surface area contributed by atoms with Crippen molar-refractivity contribution in [1.29, 1.82) is 0 Å². The molecule has 0 bridgehead atoms. The SMILES string of the molecule is CNC(C(=O)N1CCN(C(=O)c2cccc(F)c2)CC1)c1cnn(C)c1. The third-order valence-corrected chi connectivity index (χ3v) is 4.54. The Balaban J connectivity index is 1.62. The first-order valence-electron chi connectivity index (χ1n) is 8.49. The molecule has 1 fully saturated rings. The van der Waals surface area contributed by atoms with Gasteiger partial charge in [-0.2, -0.15) is 5.10 Å². The lowest BCUT2D eigenvalue weighted by Crippen LogP contribution is -2.52. The van der Waals surface area contributed by atoms with Crippen LogP contribution in [0.15, 0.2) is 36.7 Å². The van der Waals surface area contributed by atoms with Crippen molar-refractivity contribution >= 4 is 11.8 Å². The van der Waals surface area contributed by atoms with Gasteiger partial charge in [-0.05, 0) is 25.2 Å². The first-order valence-corrected chi connectivity index (χ1v) is 8.49. The van der Waals surface area contributed by atoms with Gasteiger partial charge in [0.25, 0.3) is 5.91 Å². The normalized spacial score (nSPS) is 15.8. The minimum atomic E-state index is -0.464. The van der Waals surface area contributed by atoms with E-state index in [4.69, 9.17) is 0 Å². The predicted molar refractivity (Wildman–Crippen MR) is 93.9 cm³/mol. The van der Waals surface area contributed by atoms with E-state index in [1.165, 1.54) is 18.2 Å². The highest BCUT2D eigenvalue weighted by Crippen LogP contribution is 2.17. The van der Waals surface area contributed by atoms with E-state index < -0.39 is 11.9 Å². The number of carbonyl (C=O) groups is 2. The maximum absolute atomic E-state index is 13.3. The summed E-state index contributed by atoms with van der Waals surface area (Å²) >= 11 is 0. The smallest absolute Gasteiger partial charge is 0.254 e. The lowest BCUT2D eigenvalue weighted by molar-refractivity contribution is -0.135. The fourth-order valence-corrected chi connectivity index (χ4v) is 3.14. The van der Waals surface area contributed by atoms with Crippen LogP contribution in [0.4, 0.5) is 4.39 Å². The molecule has 0 spiro atoms. The average molecular weight is 359 g/mol. The van der Waals surface area contributed by atoms with Crippen LogP contribution in [-0.4, -0.2) is 64.6 Å². The maximum atomic E-state index is 13.3. The monoisotopic (exact) mass is 359 g/mol. The van der Waals surface area contributed by atoms with Crippen molar-refractivity contribution in [3.8, 4) is 0 Å². The summed E-state index contributed by atoms with van der Waals surface area (Å²) in [7, 11) is 3.54. The maximum Gasteiger partial charge on any atom is 0.254 e. The molecular formula is C18H22FN5O2. The highest BCUT2D eigenvalue weighted by molar-refractivity contribution is 5.94. The van der Waals surface area contributed by atoms with E-state index in [0.717, 1.165) is 5.56 Å². The molecular weight excluding hydrogens is 337 g/mol. The second-order valence-corrected chi connectivity index (χ2v) is 6.30. The summed E-state index contributed by atoms with van der Waals surface area (Å²) in [5, 5.41) is 7.14. The van der Waals surface area contributed by atoms with E-state index in [0.29, 0.717) is 31.7 Å². The molecule has 1 aliphatic rings. The van der Waals surface area contributed by atoms with Gasteiger partial charge in [0.05, 0.1) is 6.20 Å². The molecule has 1 N–H and O–H groups in total. The van der Waals surface area contributed by atoms with Gasteiger partial charge in [-0.1, -0.05) is 6.07 Å². The number of benzene rings is 1. The highest BCUT2D eigenvalue weighted by Gasteiger charge is 2.30. The van der Waals surface area contributed by atoms with Crippen LogP contribution in [0, 0.1) is 5.82 Å². The average Bonchev–Trinajstić information content (AvgIpc) is 3.08. The molecule has 1 aliphatic heterocycles. The van der Waals surface area contributed by atoms with Gasteiger partial charge in [0.15, 0.2) is 0 Å². The van der Waals surface area contributed by atoms with Gasteiger partial charge in [0.1, 0.15) is 11.9 Å². The second kappa shape index (κ2) is 7.65. The Morgan fingerprint density at radius 1 is 1.19 bits per heavy atom. The van der Waals surface area contributed by atoms with E-state index in [2.05, 4.69) is 10.4 Å². The molecule has 1 atom stereocenters. The van der Waals surface area contributed by atoms with Gasteiger partial charge in [-0.25, -0.2) is 4.39 Å². The molecule has 138 valence electrons.